The average molecular weight is 492 g/mol. The van der Waals surface area contributed by atoms with Crippen LogP contribution < -0.4 is 10.2 Å². The molecule has 35 heavy (non-hydrogen) atoms. The van der Waals surface area contributed by atoms with Gasteiger partial charge in [0, 0.05) is 30.5 Å². The number of hydrogen-bond acceptors (Lipinski definition) is 4. The first-order valence-electron chi connectivity index (χ1n) is 11.7. The molecule has 1 N–H and O–H groups in total. The van der Waals surface area contributed by atoms with Gasteiger partial charge in [0.2, 0.25) is 11.8 Å². The molecule has 0 radical (unpaired) electrons. The van der Waals surface area contributed by atoms with Crippen LogP contribution in [0.2, 0.25) is 0 Å². The van der Waals surface area contributed by atoms with Gasteiger partial charge < -0.3 is 15.0 Å². The van der Waals surface area contributed by atoms with Crippen LogP contribution in [0.4, 0.5) is 18.9 Å². The van der Waals surface area contributed by atoms with Crippen molar-refractivity contribution in [2.75, 3.05) is 24.7 Å². The third-order valence-electron chi connectivity index (χ3n) is 6.01. The fraction of sp³-hybridized carbons (Fsp3) is 0.500. The Labute approximate surface area is 203 Å². The van der Waals surface area contributed by atoms with E-state index >= 15 is 0 Å². The first-order valence-corrected chi connectivity index (χ1v) is 11.7. The van der Waals surface area contributed by atoms with Crippen LogP contribution in [0.3, 0.4) is 0 Å². The number of carbonyl (C=O) groups is 2. The third kappa shape index (κ3) is 6.60. The van der Waals surface area contributed by atoms with Crippen LogP contribution in [0.5, 0.6) is 0 Å². The zero-order chi connectivity index (χ0) is 25.8. The number of para-hydroxylation sites is 1. The van der Waals surface area contributed by atoms with E-state index in [0.29, 0.717) is 23.8 Å². The van der Waals surface area contributed by atoms with E-state index in [0.717, 1.165) is 18.6 Å². The average Bonchev–Trinajstić information content (AvgIpc) is 2.93. The Morgan fingerprint density at radius 3 is 2.66 bits per heavy atom. The van der Waals surface area contributed by atoms with E-state index in [1.807, 2.05) is 0 Å². The number of nitrogens with one attached hydrogen (secondary N) is 1. The van der Waals surface area contributed by atoms with Crippen LogP contribution in [0.1, 0.15) is 46.1 Å². The van der Waals surface area contributed by atoms with Crippen molar-refractivity contribution in [2.24, 2.45) is 16.8 Å². The summed E-state index contributed by atoms with van der Waals surface area (Å²) in [5.41, 5.74) is -1.10. The third-order valence-corrected chi connectivity index (χ3v) is 6.01. The van der Waals surface area contributed by atoms with E-state index in [-0.39, 0.29) is 25.3 Å². The van der Waals surface area contributed by atoms with Crippen molar-refractivity contribution in [1.82, 2.24) is 5.32 Å². The van der Waals surface area contributed by atoms with Crippen LogP contribution in [0, 0.1) is 11.8 Å². The molecule has 0 saturated heterocycles. The van der Waals surface area contributed by atoms with Crippen molar-refractivity contribution >= 4 is 23.7 Å². The van der Waals surface area contributed by atoms with Crippen molar-refractivity contribution in [3.63, 3.8) is 0 Å². The lowest BCUT2D eigenvalue weighted by atomic mass is 9.84. The van der Waals surface area contributed by atoms with Gasteiger partial charge in [-0.1, -0.05) is 39.0 Å². The summed E-state index contributed by atoms with van der Waals surface area (Å²) in [5, 5.41) is 2.65. The quantitative estimate of drug-likeness (QED) is 0.531. The summed E-state index contributed by atoms with van der Waals surface area (Å²) in [6.45, 7) is 7.86. The molecule has 2 aliphatic rings. The first-order chi connectivity index (χ1) is 16.4. The molecule has 0 saturated carbocycles. The molecule has 2 atom stereocenters. The molecule has 0 aromatic heterocycles. The lowest BCUT2D eigenvalue weighted by Gasteiger charge is -2.42. The lowest BCUT2D eigenvalue weighted by Crippen LogP contribution is -2.52. The molecular weight excluding hydrogens is 459 g/mol. The Morgan fingerprint density at radius 1 is 1.26 bits per heavy atom. The van der Waals surface area contributed by atoms with E-state index in [2.05, 4.69) is 24.2 Å². The van der Waals surface area contributed by atoms with Crippen LogP contribution >= 0.6 is 0 Å². The molecule has 6 nitrogen and oxygen atoms in total. The van der Waals surface area contributed by atoms with Crippen LogP contribution in [0.15, 0.2) is 52.7 Å². The molecule has 0 fully saturated rings. The van der Waals surface area contributed by atoms with Crippen molar-refractivity contribution in [2.45, 2.75) is 52.3 Å². The van der Waals surface area contributed by atoms with E-state index in [1.165, 1.54) is 4.90 Å². The number of nitrogens with zero attached hydrogens (tertiary/aromatic N) is 2. The minimum absolute atomic E-state index is 0.000674. The number of allylic oxidation sites excluding steroid dienone is 2. The standard InChI is InChI=1S/C26H32F3N3O3/c1-17(2)9-10-35-16-18(3)24(34)31-21-11-20(26(27,28)29)12-25(4,13-21)32-22-8-6-5-7-19(22)14-30-15-23(32)33/h5-8,11-12,14,17-18H,9-10,13,15-16H2,1-4H3,(H,31,34)/t18-,25?/m1/s1. The largest absolute Gasteiger partial charge is 0.416 e. The van der Waals surface area contributed by atoms with Crippen LogP contribution in [-0.4, -0.2) is 49.5 Å². The zero-order valence-corrected chi connectivity index (χ0v) is 20.5. The molecule has 0 bridgehead atoms. The number of fused-ring (bicyclic) bond motifs is 1. The number of ether oxygens (including phenoxy) is 1. The van der Waals surface area contributed by atoms with E-state index in [9.17, 15) is 22.8 Å². The maximum Gasteiger partial charge on any atom is 0.416 e. The Balaban J connectivity index is 1.86. The predicted molar refractivity (Wildman–Crippen MR) is 129 cm³/mol. The molecule has 0 spiro atoms. The minimum Gasteiger partial charge on any atom is -0.381 e. The summed E-state index contributed by atoms with van der Waals surface area (Å²) in [4.78, 5) is 31.3. The van der Waals surface area contributed by atoms with Crippen molar-refractivity contribution < 1.29 is 27.5 Å². The summed E-state index contributed by atoms with van der Waals surface area (Å²) in [6, 6.07) is 6.93. The lowest BCUT2D eigenvalue weighted by molar-refractivity contribution is -0.125. The SMILES string of the molecule is CC(C)CCOC[C@@H](C)C(=O)NC1=CC(C(F)(F)F)=CC(C)(N2C(=O)CN=Cc3ccccc32)C1. The van der Waals surface area contributed by atoms with Gasteiger partial charge in [-0.3, -0.25) is 14.6 Å². The highest BCUT2D eigenvalue weighted by Gasteiger charge is 2.44. The molecule has 190 valence electrons. The van der Waals surface area contributed by atoms with Gasteiger partial charge in [0.1, 0.15) is 6.54 Å². The Hall–Kier alpha value is -2.94. The molecule has 3 rings (SSSR count). The predicted octanol–water partition coefficient (Wildman–Crippen LogP) is 4.80. The number of carbonyl (C=O) groups excluding carboxylic acids is 2. The number of rotatable bonds is 8. The Bertz CT molecular complexity index is 1050. The first kappa shape index (κ1) is 26.7. The fourth-order valence-corrected chi connectivity index (χ4v) is 4.16. The van der Waals surface area contributed by atoms with Gasteiger partial charge in [-0.15, -0.1) is 0 Å². The van der Waals surface area contributed by atoms with Gasteiger partial charge in [-0.05, 0) is 37.5 Å². The number of halogens is 3. The fourth-order valence-electron chi connectivity index (χ4n) is 4.16. The van der Waals surface area contributed by atoms with Crippen molar-refractivity contribution in [1.29, 1.82) is 0 Å². The Morgan fingerprint density at radius 2 is 1.97 bits per heavy atom. The van der Waals surface area contributed by atoms with Gasteiger partial charge in [-0.25, -0.2) is 0 Å². The maximum atomic E-state index is 13.9. The van der Waals surface area contributed by atoms with E-state index in [1.54, 1.807) is 44.3 Å². The van der Waals surface area contributed by atoms with Gasteiger partial charge in [0.15, 0.2) is 0 Å². The number of anilines is 1. The van der Waals surface area contributed by atoms with Crippen molar-refractivity contribution in [3.8, 4) is 0 Å². The summed E-state index contributed by atoms with van der Waals surface area (Å²) >= 11 is 0. The number of amides is 2. The molecular formula is C26H32F3N3O3. The molecule has 1 aliphatic heterocycles. The molecule has 2 amide bonds. The summed E-state index contributed by atoms with van der Waals surface area (Å²) < 4.78 is 47.2. The Kier molecular flexibility index (Phi) is 8.20. The number of hydrogen-bond donors (Lipinski definition) is 1. The van der Waals surface area contributed by atoms with Crippen LogP contribution in [-0.2, 0) is 14.3 Å². The molecule has 1 aliphatic carbocycles. The number of alkyl halides is 3. The minimum atomic E-state index is -4.66. The van der Waals surface area contributed by atoms with Gasteiger partial charge in [0.05, 0.1) is 29.3 Å². The maximum absolute atomic E-state index is 13.9. The summed E-state index contributed by atoms with van der Waals surface area (Å²) in [7, 11) is 0. The van der Waals surface area contributed by atoms with Gasteiger partial charge in [-0.2, -0.15) is 13.2 Å². The normalized spacial score (nSPS) is 21.3. The summed E-state index contributed by atoms with van der Waals surface area (Å²) in [6.07, 6.45) is -0.259. The van der Waals surface area contributed by atoms with Gasteiger partial charge >= 0.3 is 6.18 Å². The molecule has 9 heteroatoms. The second-order valence-corrected chi connectivity index (χ2v) is 9.71. The van der Waals surface area contributed by atoms with Gasteiger partial charge in [0.25, 0.3) is 0 Å². The molecule has 1 heterocycles. The summed E-state index contributed by atoms with van der Waals surface area (Å²) in [5.74, 6) is -0.944. The highest BCUT2D eigenvalue weighted by Crippen LogP contribution is 2.40. The highest BCUT2D eigenvalue weighted by atomic mass is 19.4. The number of benzodiazepines with no additional fused rings is 1. The second-order valence-electron chi connectivity index (χ2n) is 9.71. The monoisotopic (exact) mass is 491 g/mol. The van der Waals surface area contributed by atoms with E-state index < -0.39 is 35.0 Å². The molecule has 1 unspecified atom stereocenters. The number of aliphatic imine (C=N–C) groups is 1. The highest BCUT2D eigenvalue weighted by molar-refractivity contribution is 6.04. The van der Waals surface area contributed by atoms with Crippen molar-refractivity contribution in [3.05, 3.63) is 53.3 Å². The molecule has 1 aromatic carbocycles. The topological polar surface area (TPSA) is 71.0 Å². The second kappa shape index (κ2) is 10.8. The number of benzene rings is 1. The molecule has 1 aromatic rings. The van der Waals surface area contributed by atoms with Crippen LogP contribution in [0.25, 0.3) is 0 Å². The van der Waals surface area contributed by atoms with E-state index in [4.69, 9.17) is 4.74 Å². The zero-order valence-electron chi connectivity index (χ0n) is 20.5. The smallest absolute Gasteiger partial charge is 0.381 e.